The molecule has 0 rings (SSSR count). The zero-order chi connectivity index (χ0) is 24.7. The fourth-order valence-electron chi connectivity index (χ4n) is 2.65. The van der Waals surface area contributed by atoms with Crippen molar-refractivity contribution in [2.45, 2.75) is 90.8 Å². The van der Waals surface area contributed by atoms with E-state index in [4.69, 9.17) is 17.5 Å². The van der Waals surface area contributed by atoms with E-state index in [0.717, 1.165) is 0 Å². The van der Waals surface area contributed by atoms with Crippen LogP contribution >= 0.6 is 0 Å². The fraction of sp³-hybridized carbons (Fsp3) is 0.789. The van der Waals surface area contributed by atoms with E-state index >= 15 is 0 Å². The molecule has 0 aliphatic carbocycles. The Kier molecular flexibility index (Phi) is 12.0. The highest BCUT2D eigenvalue weighted by atomic mass is 28.5. The molecule has 182 valence electrons. The number of aliphatic hydroxyl groups excluding tert-OH is 2. The predicted molar refractivity (Wildman–Crippen MR) is 131 cm³/mol. The van der Waals surface area contributed by atoms with Gasteiger partial charge in [-0.05, 0) is 78.7 Å². The maximum absolute atomic E-state index is 12.0. The summed E-state index contributed by atoms with van der Waals surface area (Å²) in [5.41, 5.74) is 0.258. The number of unbranched alkanes of at least 4 members (excludes halogenated alkanes) is 1. The lowest BCUT2D eigenvalue weighted by Gasteiger charge is -2.42. The van der Waals surface area contributed by atoms with Gasteiger partial charge in [0, 0.05) is 11.6 Å². The summed E-state index contributed by atoms with van der Waals surface area (Å²) in [5, 5.41) is 18.0. The molecule has 0 heterocycles. The number of carbonyl (C=O) groups excluding carboxylic acids is 2. The lowest BCUT2D eigenvalue weighted by molar-refractivity contribution is -0.164. The van der Waals surface area contributed by atoms with Gasteiger partial charge in [-0.25, -0.2) is 9.59 Å². The van der Waals surface area contributed by atoms with E-state index in [9.17, 15) is 14.7 Å². The predicted octanol–water partition coefficient (Wildman–Crippen LogP) is 3.63. The largest absolute Gasteiger partial charge is 0.469 e. The molecule has 2 N–H and O–H groups in total. The molecular weight excluding hydrogens is 469 g/mol. The smallest absolute Gasteiger partial charge is 0.417 e. The normalized spacial score (nSPS) is 15.0. The Morgan fingerprint density at radius 3 is 1.65 bits per heavy atom. The van der Waals surface area contributed by atoms with Crippen molar-refractivity contribution in [2.24, 2.45) is 0 Å². The second kappa shape index (κ2) is 12.1. The molecular formula is C19H42O8Si4. The molecule has 0 fully saturated rings. The van der Waals surface area contributed by atoms with Crippen LogP contribution in [0.5, 0.6) is 0 Å². The molecule has 0 spiro atoms. The highest BCUT2D eigenvalue weighted by Gasteiger charge is 2.49. The highest BCUT2D eigenvalue weighted by molar-refractivity contribution is 6.90. The van der Waals surface area contributed by atoms with Crippen LogP contribution in [-0.2, 0) is 26.7 Å². The number of hydrogen-bond donors (Lipinski definition) is 2. The third-order valence-electron chi connectivity index (χ3n) is 3.48. The van der Waals surface area contributed by atoms with Crippen LogP contribution in [0.15, 0.2) is 11.6 Å². The standard InChI is InChI=1S/C19H42O8Si4/c1-16(18(22)24-19(23)17(21)15-20)13-11-12-14-31(25-28(2,3)4,26-29(5,6)7)27-30(8,9)10/h13,17,20-21H,11-12,14-15H2,1-10H3. The van der Waals surface area contributed by atoms with E-state index < -0.39 is 58.4 Å². The average Bonchev–Trinajstić information content (AvgIpc) is 2.52. The van der Waals surface area contributed by atoms with Gasteiger partial charge in [-0.1, -0.05) is 6.08 Å². The molecule has 0 radical (unpaired) electrons. The molecule has 0 amide bonds. The minimum atomic E-state index is -2.92. The zero-order valence-electron chi connectivity index (χ0n) is 20.8. The summed E-state index contributed by atoms with van der Waals surface area (Å²) in [5.74, 6) is -2.00. The molecule has 0 bridgehead atoms. The summed E-state index contributed by atoms with van der Waals surface area (Å²) >= 11 is 0. The summed E-state index contributed by atoms with van der Waals surface area (Å²) in [6, 6.07) is 0.646. The van der Waals surface area contributed by atoms with Crippen LogP contribution in [0.1, 0.15) is 19.8 Å². The number of allylic oxidation sites excluding steroid dienone is 1. The van der Waals surface area contributed by atoms with Gasteiger partial charge in [-0.2, -0.15) is 0 Å². The molecule has 0 aliphatic heterocycles. The summed E-state index contributed by atoms with van der Waals surface area (Å²) in [4.78, 5) is 23.4. The second-order valence-electron chi connectivity index (χ2n) is 10.5. The summed E-state index contributed by atoms with van der Waals surface area (Å²) in [7, 11) is -8.74. The van der Waals surface area contributed by atoms with Gasteiger partial charge < -0.3 is 27.3 Å². The molecule has 31 heavy (non-hydrogen) atoms. The molecule has 0 aromatic rings. The zero-order valence-corrected chi connectivity index (χ0v) is 24.8. The van der Waals surface area contributed by atoms with E-state index in [1.54, 1.807) is 13.0 Å². The summed E-state index contributed by atoms with van der Waals surface area (Å²) in [6.45, 7) is 19.9. The van der Waals surface area contributed by atoms with Crippen LogP contribution in [0.4, 0.5) is 0 Å². The van der Waals surface area contributed by atoms with Crippen molar-refractivity contribution in [3.63, 3.8) is 0 Å². The number of carbonyl (C=O) groups is 2. The first-order valence-corrected chi connectivity index (χ1v) is 22.8. The molecule has 0 aliphatic rings. The molecule has 0 aromatic carbocycles. The van der Waals surface area contributed by atoms with Crippen LogP contribution in [-0.4, -0.2) is 68.6 Å². The van der Waals surface area contributed by atoms with Gasteiger partial charge >= 0.3 is 20.7 Å². The Labute approximate surface area is 191 Å². The number of aliphatic hydroxyl groups is 2. The fourth-order valence-corrected chi connectivity index (χ4v) is 17.3. The lowest BCUT2D eigenvalue weighted by Crippen LogP contribution is -2.60. The van der Waals surface area contributed by atoms with Gasteiger partial charge in [0.15, 0.2) is 31.1 Å². The van der Waals surface area contributed by atoms with Crippen LogP contribution in [0.3, 0.4) is 0 Å². The molecule has 12 heteroatoms. The second-order valence-corrected chi connectivity index (χ2v) is 27.5. The Hall–Kier alpha value is -0.452. The summed E-state index contributed by atoms with van der Waals surface area (Å²) < 4.78 is 24.4. The van der Waals surface area contributed by atoms with E-state index in [2.05, 4.69) is 63.7 Å². The van der Waals surface area contributed by atoms with E-state index in [1.807, 2.05) is 0 Å². The monoisotopic (exact) mass is 510 g/mol. The Balaban J connectivity index is 5.34. The average molecular weight is 511 g/mol. The van der Waals surface area contributed by atoms with E-state index in [-0.39, 0.29) is 5.57 Å². The van der Waals surface area contributed by atoms with Crippen molar-refractivity contribution in [3.8, 4) is 0 Å². The molecule has 0 saturated heterocycles. The van der Waals surface area contributed by atoms with Crippen LogP contribution in [0.2, 0.25) is 65.0 Å². The number of esters is 2. The van der Waals surface area contributed by atoms with Crippen molar-refractivity contribution in [1.82, 2.24) is 0 Å². The third kappa shape index (κ3) is 14.3. The first-order valence-electron chi connectivity index (χ1n) is 10.6. The van der Waals surface area contributed by atoms with Crippen molar-refractivity contribution in [2.75, 3.05) is 6.61 Å². The van der Waals surface area contributed by atoms with Gasteiger partial charge in [0.05, 0.1) is 6.61 Å². The van der Waals surface area contributed by atoms with Crippen LogP contribution in [0, 0.1) is 0 Å². The third-order valence-corrected chi connectivity index (χ3v) is 15.5. The molecule has 8 nitrogen and oxygen atoms in total. The Morgan fingerprint density at radius 1 is 0.871 bits per heavy atom. The molecule has 1 atom stereocenters. The van der Waals surface area contributed by atoms with Crippen molar-refractivity contribution < 1.29 is 36.9 Å². The topological polar surface area (TPSA) is 112 Å². The molecule has 1 unspecified atom stereocenters. The van der Waals surface area contributed by atoms with E-state index in [1.165, 1.54) is 0 Å². The highest BCUT2D eigenvalue weighted by Crippen LogP contribution is 2.30. The van der Waals surface area contributed by atoms with Crippen LogP contribution in [0.25, 0.3) is 0 Å². The summed E-state index contributed by atoms with van der Waals surface area (Å²) in [6.07, 6.45) is 1.23. The maximum Gasteiger partial charge on any atom is 0.469 e. The Bertz CT molecular complexity index is 591. The number of rotatable bonds is 13. The van der Waals surface area contributed by atoms with Crippen LogP contribution < -0.4 is 0 Å². The van der Waals surface area contributed by atoms with Gasteiger partial charge in [0.25, 0.3) is 0 Å². The minimum absolute atomic E-state index is 0.258. The lowest BCUT2D eigenvalue weighted by atomic mass is 10.2. The van der Waals surface area contributed by atoms with Gasteiger partial charge in [-0.15, -0.1) is 0 Å². The van der Waals surface area contributed by atoms with Gasteiger partial charge in [-0.3, -0.25) is 0 Å². The van der Waals surface area contributed by atoms with Gasteiger partial charge in [0.1, 0.15) is 0 Å². The van der Waals surface area contributed by atoms with Crippen molar-refractivity contribution in [3.05, 3.63) is 11.6 Å². The first kappa shape index (κ1) is 30.5. The first-order chi connectivity index (χ1) is 13.8. The van der Waals surface area contributed by atoms with E-state index in [0.29, 0.717) is 18.9 Å². The van der Waals surface area contributed by atoms with Crippen molar-refractivity contribution >= 4 is 45.7 Å². The quantitative estimate of drug-likeness (QED) is 0.127. The number of hydrogen-bond acceptors (Lipinski definition) is 8. The van der Waals surface area contributed by atoms with Crippen molar-refractivity contribution in [1.29, 1.82) is 0 Å². The molecule has 0 aromatic heterocycles. The minimum Gasteiger partial charge on any atom is -0.417 e. The Morgan fingerprint density at radius 2 is 1.29 bits per heavy atom. The molecule has 0 saturated carbocycles. The maximum atomic E-state index is 12.0. The number of ether oxygens (including phenoxy) is 1. The van der Waals surface area contributed by atoms with Gasteiger partial charge in [0.2, 0.25) is 0 Å². The SMILES string of the molecule is CC(=CCCC[Si](O[Si](C)(C)C)(O[Si](C)(C)C)O[Si](C)(C)C)C(=O)OC(=O)C(O)CO.